The van der Waals surface area contributed by atoms with Gasteiger partial charge in [0, 0.05) is 56.3 Å². The second-order valence-electron chi connectivity index (χ2n) is 10.3. The summed E-state index contributed by atoms with van der Waals surface area (Å²) in [4.78, 5) is 13.5. The number of nitrogens with two attached hydrogens (primary N) is 1. The maximum absolute atomic E-state index is 10.3. The number of hydrazine groups is 1. The summed E-state index contributed by atoms with van der Waals surface area (Å²) in [6.07, 6.45) is 7.56. The second kappa shape index (κ2) is 9.08. The average molecular weight is 455 g/mol. The van der Waals surface area contributed by atoms with E-state index >= 15 is 0 Å². The average Bonchev–Trinajstić information content (AvgIpc) is 3.54. The second-order valence-corrected chi connectivity index (χ2v) is 10.3. The number of aromatic nitrogens is 2. The van der Waals surface area contributed by atoms with Crippen molar-refractivity contribution in [2.75, 3.05) is 31.1 Å². The standard InChI is InChI=1S/C25H38N6O2/c1-17(20-14-19(6-7-21(20)29-26)33-25(5)8-9-25)22-15-23(28-16-27-22)31-12-10-30(11-13-31)18(2)24(3,4)32/h6,15-16,20-21,29,32H,1-2,7-14,26H2,3-5H3/t20-,21-/m1/s1. The first kappa shape index (κ1) is 23.7. The number of ether oxygens (including phenoxy) is 1. The van der Waals surface area contributed by atoms with Crippen molar-refractivity contribution in [1.82, 2.24) is 20.3 Å². The first-order chi connectivity index (χ1) is 15.6. The van der Waals surface area contributed by atoms with Crippen LogP contribution in [0.1, 0.15) is 52.1 Å². The largest absolute Gasteiger partial charge is 0.492 e. The van der Waals surface area contributed by atoms with E-state index in [0.717, 1.165) is 80.4 Å². The van der Waals surface area contributed by atoms with Gasteiger partial charge in [0.25, 0.3) is 0 Å². The zero-order valence-corrected chi connectivity index (χ0v) is 20.2. The minimum Gasteiger partial charge on any atom is -0.492 e. The van der Waals surface area contributed by atoms with E-state index in [4.69, 9.17) is 10.6 Å². The van der Waals surface area contributed by atoms with Crippen molar-refractivity contribution in [3.8, 4) is 0 Å². The smallest absolute Gasteiger partial charge is 0.132 e. The van der Waals surface area contributed by atoms with Gasteiger partial charge in [-0.25, -0.2) is 9.97 Å². The molecule has 1 saturated heterocycles. The number of anilines is 1. The highest BCUT2D eigenvalue weighted by atomic mass is 16.5. The summed E-state index contributed by atoms with van der Waals surface area (Å²) >= 11 is 0. The van der Waals surface area contributed by atoms with Gasteiger partial charge >= 0.3 is 0 Å². The number of rotatable bonds is 8. The van der Waals surface area contributed by atoms with Gasteiger partial charge in [-0.1, -0.05) is 13.2 Å². The number of allylic oxidation sites excluding steroid dienone is 1. The van der Waals surface area contributed by atoms with Gasteiger partial charge in [-0.15, -0.1) is 0 Å². The Morgan fingerprint density at radius 3 is 2.55 bits per heavy atom. The van der Waals surface area contributed by atoms with E-state index in [2.05, 4.69) is 51.4 Å². The van der Waals surface area contributed by atoms with Crippen LogP contribution >= 0.6 is 0 Å². The van der Waals surface area contributed by atoms with Crippen LogP contribution in [0.25, 0.3) is 5.57 Å². The molecule has 3 aliphatic rings. The molecule has 0 aromatic carbocycles. The van der Waals surface area contributed by atoms with E-state index in [1.165, 1.54) is 0 Å². The van der Waals surface area contributed by atoms with Crippen molar-refractivity contribution in [1.29, 1.82) is 0 Å². The van der Waals surface area contributed by atoms with Crippen molar-refractivity contribution >= 4 is 11.4 Å². The van der Waals surface area contributed by atoms with Crippen LogP contribution in [-0.4, -0.2) is 63.4 Å². The lowest BCUT2D eigenvalue weighted by Gasteiger charge is -2.40. The van der Waals surface area contributed by atoms with Gasteiger partial charge in [0.05, 0.1) is 17.1 Å². The molecule has 1 saturated carbocycles. The lowest BCUT2D eigenvalue weighted by molar-refractivity contribution is 0.0807. The molecule has 4 rings (SSSR count). The predicted molar refractivity (Wildman–Crippen MR) is 131 cm³/mol. The minimum atomic E-state index is -0.913. The lowest BCUT2D eigenvalue weighted by Crippen LogP contribution is -2.49. The Morgan fingerprint density at radius 2 is 1.94 bits per heavy atom. The van der Waals surface area contributed by atoms with Crippen molar-refractivity contribution < 1.29 is 9.84 Å². The summed E-state index contributed by atoms with van der Waals surface area (Å²) in [6, 6.07) is 2.11. The zero-order valence-electron chi connectivity index (χ0n) is 20.2. The maximum atomic E-state index is 10.3. The van der Waals surface area contributed by atoms with E-state index in [1.54, 1.807) is 20.2 Å². The first-order valence-electron chi connectivity index (χ1n) is 11.9. The monoisotopic (exact) mass is 454 g/mol. The minimum absolute atomic E-state index is 0.00146. The third-order valence-electron chi connectivity index (χ3n) is 7.17. The van der Waals surface area contributed by atoms with Gasteiger partial charge in [0.2, 0.25) is 0 Å². The normalized spacial score (nSPS) is 24.8. The van der Waals surface area contributed by atoms with Gasteiger partial charge in [0.1, 0.15) is 17.7 Å². The molecule has 0 spiro atoms. The van der Waals surface area contributed by atoms with Crippen molar-refractivity contribution in [3.63, 3.8) is 0 Å². The molecule has 180 valence electrons. The molecule has 2 heterocycles. The molecule has 0 amide bonds. The molecule has 8 nitrogen and oxygen atoms in total. The van der Waals surface area contributed by atoms with Gasteiger partial charge in [-0.05, 0) is 51.7 Å². The van der Waals surface area contributed by atoms with Crippen LogP contribution in [0.2, 0.25) is 0 Å². The summed E-state index contributed by atoms with van der Waals surface area (Å²) < 4.78 is 6.25. The fourth-order valence-corrected chi connectivity index (χ4v) is 4.57. The number of hydrogen-bond donors (Lipinski definition) is 3. The Balaban J connectivity index is 1.43. The van der Waals surface area contributed by atoms with E-state index in [9.17, 15) is 5.11 Å². The Hall–Kier alpha value is -2.42. The number of nitrogens with zero attached hydrogens (tertiary/aromatic N) is 4. The molecule has 8 heteroatoms. The molecule has 4 N–H and O–H groups in total. The SMILES string of the molecule is C=C(c1cc(N2CCN(C(=C)C(C)(C)O)CC2)ncn1)[C@H]1CC(OC2(C)CC2)=CC[C@H]1NN. The van der Waals surface area contributed by atoms with Gasteiger partial charge < -0.3 is 19.6 Å². The van der Waals surface area contributed by atoms with Gasteiger partial charge in [-0.3, -0.25) is 11.3 Å². The molecule has 0 unspecified atom stereocenters. The summed E-state index contributed by atoms with van der Waals surface area (Å²) in [5.74, 6) is 7.90. The molecular weight excluding hydrogens is 416 g/mol. The number of aliphatic hydroxyl groups is 1. The molecule has 0 bridgehead atoms. The quantitative estimate of drug-likeness (QED) is 0.407. The fourth-order valence-electron chi connectivity index (χ4n) is 4.57. The van der Waals surface area contributed by atoms with E-state index in [-0.39, 0.29) is 17.6 Å². The molecule has 33 heavy (non-hydrogen) atoms. The zero-order chi connectivity index (χ0) is 23.8. The molecule has 1 aromatic rings. The van der Waals surface area contributed by atoms with Crippen LogP contribution in [0.3, 0.4) is 0 Å². The number of hydrogen-bond acceptors (Lipinski definition) is 8. The highest BCUT2D eigenvalue weighted by molar-refractivity contribution is 5.66. The topological polar surface area (TPSA) is 99.8 Å². The van der Waals surface area contributed by atoms with E-state index < -0.39 is 5.60 Å². The predicted octanol–water partition coefficient (Wildman–Crippen LogP) is 2.59. The van der Waals surface area contributed by atoms with Crippen molar-refractivity contribution in [2.24, 2.45) is 11.8 Å². The highest BCUT2D eigenvalue weighted by Gasteiger charge is 2.42. The molecule has 1 aromatic heterocycles. The van der Waals surface area contributed by atoms with Crippen LogP contribution in [0.5, 0.6) is 0 Å². The highest BCUT2D eigenvalue weighted by Crippen LogP contribution is 2.44. The molecule has 0 radical (unpaired) electrons. The Bertz CT molecular complexity index is 925. The fraction of sp³-hybridized carbons (Fsp3) is 0.600. The Labute approximate surface area is 197 Å². The van der Waals surface area contributed by atoms with Gasteiger partial charge in [-0.2, -0.15) is 0 Å². The molecule has 1 aliphatic heterocycles. The van der Waals surface area contributed by atoms with Crippen molar-refractivity contribution in [3.05, 3.63) is 48.8 Å². The Morgan fingerprint density at radius 1 is 1.24 bits per heavy atom. The lowest BCUT2D eigenvalue weighted by atomic mass is 9.81. The van der Waals surface area contributed by atoms with Crippen molar-refractivity contribution in [2.45, 2.75) is 63.7 Å². The number of piperazine rings is 1. The maximum Gasteiger partial charge on any atom is 0.132 e. The number of nitrogens with one attached hydrogen (secondary N) is 1. The summed E-state index contributed by atoms with van der Waals surface area (Å²) in [6.45, 7) is 17.4. The van der Waals surface area contributed by atoms with E-state index in [1.807, 2.05) is 6.07 Å². The Kier molecular flexibility index (Phi) is 6.53. The first-order valence-corrected chi connectivity index (χ1v) is 11.9. The third kappa shape index (κ3) is 5.39. The molecular formula is C25H38N6O2. The summed E-state index contributed by atoms with van der Waals surface area (Å²) in [5, 5.41) is 10.3. The van der Waals surface area contributed by atoms with Gasteiger partial charge in [0.15, 0.2) is 0 Å². The van der Waals surface area contributed by atoms with Crippen LogP contribution in [0, 0.1) is 5.92 Å². The summed E-state index contributed by atoms with van der Waals surface area (Å²) in [5.41, 5.74) is 4.59. The van der Waals surface area contributed by atoms with Crippen LogP contribution in [-0.2, 0) is 4.74 Å². The third-order valence-corrected chi connectivity index (χ3v) is 7.17. The molecule has 2 atom stereocenters. The van der Waals surface area contributed by atoms with Crippen LogP contribution in [0.4, 0.5) is 5.82 Å². The molecule has 2 fully saturated rings. The van der Waals surface area contributed by atoms with Crippen LogP contribution in [0.15, 0.2) is 43.1 Å². The van der Waals surface area contributed by atoms with Crippen LogP contribution < -0.4 is 16.2 Å². The molecule has 2 aliphatic carbocycles. The van der Waals surface area contributed by atoms with E-state index in [0.29, 0.717) is 0 Å². The summed E-state index contributed by atoms with van der Waals surface area (Å²) in [7, 11) is 0.